The molecule has 0 bridgehead atoms. The van der Waals surface area contributed by atoms with Gasteiger partial charge in [-0.3, -0.25) is 9.59 Å². The topological polar surface area (TPSA) is 71.1 Å². The second kappa shape index (κ2) is 7.31. The molecule has 0 aromatic rings. The molecule has 1 saturated heterocycles. The van der Waals surface area contributed by atoms with E-state index in [0.29, 0.717) is 38.9 Å². The van der Waals surface area contributed by atoms with Crippen LogP contribution in [0.5, 0.6) is 0 Å². The summed E-state index contributed by atoms with van der Waals surface area (Å²) in [7, 11) is 2.83. The third kappa shape index (κ3) is 3.67. The summed E-state index contributed by atoms with van der Waals surface area (Å²) in [6.45, 7) is 5.43. The third-order valence-corrected chi connectivity index (χ3v) is 6.08. The van der Waals surface area contributed by atoms with Crippen LogP contribution in [0.15, 0.2) is 12.2 Å². The number of carbonyl (C=O) groups is 2. The number of esters is 2. The highest BCUT2D eigenvalue weighted by molar-refractivity contribution is 5.75. The van der Waals surface area contributed by atoms with Crippen LogP contribution in [-0.4, -0.2) is 45.2 Å². The standard InChI is InChI=1S/C20H30O6/c1-19(2)11-25-20(26-12-19)9-15-13(17(21)23-3)7-5-6-8-14(16(15)10-20)18(22)24-4/h5-6,13-16H,7-12H2,1-4H3/b6-5-/t13-,14+,15+,16-. The summed E-state index contributed by atoms with van der Waals surface area (Å²) in [5, 5.41) is 0. The van der Waals surface area contributed by atoms with E-state index in [1.54, 1.807) is 0 Å². The Morgan fingerprint density at radius 2 is 1.31 bits per heavy atom. The van der Waals surface area contributed by atoms with Crippen molar-refractivity contribution in [2.75, 3.05) is 27.4 Å². The van der Waals surface area contributed by atoms with Crippen LogP contribution in [0.25, 0.3) is 0 Å². The number of rotatable bonds is 2. The first-order chi connectivity index (χ1) is 12.3. The SMILES string of the molecule is COC(=O)[C@H]1C/C=C\C[C@@H](C(=O)OC)[C@@H]2CC3(C[C@@H]21)OCC(C)(C)CO3. The van der Waals surface area contributed by atoms with Gasteiger partial charge >= 0.3 is 11.9 Å². The molecule has 1 saturated carbocycles. The van der Waals surface area contributed by atoms with Crippen LogP contribution in [0.2, 0.25) is 0 Å². The Kier molecular flexibility index (Phi) is 5.45. The van der Waals surface area contributed by atoms with Gasteiger partial charge in [0.05, 0.1) is 39.3 Å². The lowest BCUT2D eigenvalue weighted by Crippen LogP contribution is -2.46. The Balaban J connectivity index is 1.91. The van der Waals surface area contributed by atoms with Gasteiger partial charge in [0.25, 0.3) is 0 Å². The molecule has 3 rings (SSSR count). The molecular formula is C20H30O6. The smallest absolute Gasteiger partial charge is 0.309 e. The zero-order valence-electron chi connectivity index (χ0n) is 16.2. The first-order valence-electron chi connectivity index (χ1n) is 9.39. The van der Waals surface area contributed by atoms with E-state index in [0.717, 1.165) is 0 Å². The van der Waals surface area contributed by atoms with E-state index < -0.39 is 5.79 Å². The molecule has 4 atom stereocenters. The molecule has 0 radical (unpaired) electrons. The Labute approximate surface area is 155 Å². The second-order valence-electron chi connectivity index (χ2n) is 8.59. The number of hydrogen-bond acceptors (Lipinski definition) is 6. The van der Waals surface area contributed by atoms with E-state index in [9.17, 15) is 9.59 Å². The van der Waals surface area contributed by atoms with E-state index in [-0.39, 0.29) is 41.0 Å². The molecule has 0 aromatic heterocycles. The van der Waals surface area contributed by atoms with Gasteiger partial charge in [-0.2, -0.15) is 0 Å². The average Bonchev–Trinajstić information content (AvgIpc) is 2.96. The van der Waals surface area contributed by atoms with Crippen molar-refractivity contribution in [3.8, 4) is 0 Å². The number of methoxy groups -OCH3 is 2. The van der Waals surface area contributed by atoms with E-state index in [1.165, 1.54) is 14.2 Å². The first kappa shape index (κ1) is 19.4. The fourth-order valence-corrected chi connectivity index (χ4v) is 4.64. The second-order valence-corrected chi connectivity index (χ2v) is 8.59. The molecule has 0 N–H and O–H groups in total. The van der Waals surface area contributed by atoms with Crippen LogP contribution in [0, 0.1) is 29.1 Å². The third-order valence-electron chi connectivity index (χ3n) is 6.08. The lowest BCUT2D eigenvalue weighted by molar-refractivity contribution is -0.297. The molecule has 146 valence electrons. The van der Waals surface area contributed by atoms with Crippen molar-refractivity contribution in [1.82, 2.24) is 0 Å². The van der Waals surface area contributed by atoms with Gasteiger partial charge in [0.2, 0.25) is 0 Å². The van der Waals surface area contributed by atoms with Gasteiger partial charge in [-0.25, -0.2) is 0 Å². The normalized spacial score (nSPS) is 36.5. The van der Waals surface area contributed by atoms with Crippen LogP contribution < -0.4 is 0 Å². The summed E-state index contributed by atoms with van der Waals surface area (Å²) in [5.41, 5.74) is -0.0299. The minimum absolute atomic E-state index is 0.0299. The lowest BCUT2D eigenvalue weighted by atomic mass is 9.73. The van der Waals surface area contributed by atoms with Gasteiger partial charge in [0.1, 0.15) is 0 Å². The average molecular weight is 366 g/mol. The highest BCUT2D eigenvalue weighted by atomic mass is 16.7. The monoisotopic (exact) mass is 366 g/mol. The molecule has 6 nitrogen and oxygen atoms in total. The van der Waals surface area contributed by atoms with Crippen LogP contribution in [0.4, 0.5) is 0 Å². The molecule has 2 fully saturated rings. The fourth-order valence-electron chi connectivity index (χ4n) is 4.64. The molecule has 1 heterocycles. The number of fused-ring (bicyclic) bond motifs is 1. The summed E-state index contributed by atoms with van der Waals surface area (Å²) in [6, 6.07) is 0. The van der Waals surface area contributed by atoms with Crippen molar-refractivity contribution >= 4 is 11.9 Å². The maximum Gasteiger partial charge on any atom is 0.309 e. The van der Waals surface area contributed by atoms with Crippen molar-refractivity contribution in [2.45, 2.75) is 45.3 Å². The summed E-state index contributed by atoms with van der Waals surface area (Å²) >= 11 is 0. The molecule has 1 aliphatic heterocycles. The predicted octanol–water partition coefficient (Wildman–Crippen LogP) is 2.71. The van der Waals surface area contributed by atoms with Crippen LogP contribution in [0.3, 0.4) is 0 Å². The van der Waals surface area contributed by atoms with Gasteiger partial charge in [0.15, 0.2) is 5.79 Å². The minimum atomic E-state index is -0.715. The largest absolute Gasteiger partial charge is 0.469 e. The number of allylic oxidation sites excluding steroid dienone is 2. The Hall–Kier alpha value is -1.40. The highest BCUT2D eigenvalue weighted by Gasteiger charge is 2.56. The first-order valence-corrected chi connectivity index (χ1v) is 9.39. The molecule has 0 amide bonds. The molecule has 3 aliphatic rings. The summed E-state index contributed by atoms with van der Waals surface area (Å²) in [4.78, 5) is 24.9. The van der Waals surface area contributed by atoms with E-state index in [4.69, 9.17) is 18.9 Å². The van der Waals surface area contributed by atoms with Crippen molar-refractivity contribution in [1.29, 1.82) is 0 Å². The Morgan fingerprint density at radius 3 is 1.69 bits per heavy atom. The summed E-state index contributed by atoms with van der Waals surface area (Å²) in [5.74, 6) is -1.83. The van der Waals surface area contributed by atoms with Gasteiger partial charge in [-0.05, 0) is 24.7 Å². The number of hydrogen-bond donors (Lipinski definition) is 0. The van der Waals surface area contributed by atoms with Crippen LogP contribution in [-0.2, 0) is 28.5 Å². The van der Waals surface area contributed by atoms with Crippen molar-refractivity contribution in [2.24, 2.45) is 29.1 Å². The van der Waals surface area contributed by atoms with Crippen LogP contribution >= 0.6 is 0 Å². The molecule has 2 aliphatic carbocycles. The maximum absolute atomic E-state index is 12.4. The maximum atomic E-state index is 12.4. The van der Waals surface area contributed by atoms with Gasteiger partial charge in [-0.15, -0.1) is 0 Å². The molecule has 1 spiro atoms. The Bertz CT molecular complexity index is 533. The molecule has 0 unspecified atom stereocenters. The van der Waals surface area contributed by atoms with E-state index in [2.05, 4.69) is 13.8 Å². The molecule has 6 heteroatoms. The van der Waals surface area contributed by atoms with Gasteiger partial charge in [-0.1, -0.05) is 26.0 Å². The lowest BCUT2D eigenvalue weighted by Gasteiger charge is -2.42. The van der Waals surface area contributed by atoms with Gasteiger partial charge in [0, 0.05) is 18.3 Å². The molecular weight excluding hydrogens is 336 g/mol. The molecule has 26 heavy (non-hydrogen) atoms. The van der Waals surface area contributed by atoms with Gasteiger partial charge < -0.3 is 18.9 Å². The van der Waals surface area contributed by atoms with Crippen molar-refractivity contribution < 1.29 is 28.5 Å². The highest BCUT2D eigenvalue weighted by Crippen LogP contribution is 2.53. The van der Waals surface area contributed by atoms with Crippen molar-refractivity contribution in [3.63, 3.8) is 0 Å². The Morgan fingerprint density at radius 1 is 0.885 bits per heavy atom. The quantitative estimate of drug-likeness (QED) is 0.553. The van der Waals surface area contributed by atoms with Crippen LogP contribution in [0.1, 0.15) is 39.5 Å². The van der Waals surface area contributed by atoms with Crippen molar-refractivity contribution in [3.05, 3.63) is 12.2 Å². The van der Waals surface area contributed by atoms with E-state index >= 15 is 0 Å². The predicted molar refractivity (Wildman–Crippen MR) is 94.0 cm³/mol. The fraction of sp³-hybridized carbons (Fsp3) is 0.800. The summed E-state index contributed by atoms with van der Waals surface area (Å²) in [6.07, 6.45) is 6.39. The zero-order chi connectivity index (χ0) is 18.9. The molecule has 0 aromatic carbocycles. The number of carbonyl (C=O) groups excluding carboxylic acids is 2. The number of ether oxygens (including phenoxy) is 4. The minimum Gasteiger partial charge on any atom is -0.469 e. The summed E-state index contributed by atoms with van der Waals surface area (Å²) < 4.78 is 22.5. The van der Waals surface area contributed by atoms with E-state index in [1.807, 2.05) is 12.2 Å². The zero-order valence-corrected chi connectivity index (χ0v) is 16.2.